The first-order valence-corrected chi connectivity index (χ1v) is 8.92. The first-order valence-electron chi connectivity index (χ1n) is 8.10. The van der Waals surface area contributed by atoms with Crippen LogP contribution in [0, 0.1) is 5.82 Å². The molecular formula is C18H12F5N3O3S. The molecule has 3 aromatic rings. The zero-order chi connectivity index (χ0) is 21.8. The number of ether oxygens (including phenoxy) is 2. The van der Waals surface area contributed by atoms with Crippen LogP contribution in [0.1, 0.15) is 15.2 Å². The predicted octanol–water partition coefficient (Wildman–Crippen LogP) is 5.04. The molecule has 2 aromatic carbocycles. The van der Waals surface area contributed by atoms with Crippen LogP contribution in [0.2, 0.25) is 0 Å². The molecule has 30 heavy (non-hydrogen) atoms. The van der Waals surface area contributed by atoms with Gasteiger partial charge in [-0.1, -0.05) is 11.3 Å². The average Bonchev–Trinajstić information content (AvgIpc) is 3.03. The Balaban J connectivity index is 1.75. The topological polar surface area (TPSA) is 86.5 Å². The van der Waals surface area contributed by atoms with Gasteiger partial charge in [0.25, 0.3) is 0 Å². The molecule has 0 bridgehead atoms. The molecule has 0 saturated carbocycles. The van der Waals surface area contributed by atoms with Crippen LogP contribution in [-0.2, 0) is 0 Å². The Kier molecular flexibility index (Phi) is 6.35. The summed E-state index contributed by atoms with van der Waals surface area (Å²) < 4.78 is 70.8. The minimum absolute atomic E-state index is 0.0677. The van der Waals surface area contributed by atoms with Gasteiger partial charge in [-0.25, -0.2) is 9.37 Å². The lowest BCUT2D eigenvalue weighted by molar-refractivity contribution is -0.0523. The van der Waals surface area contributed by atoms with Gasteiger partial charge in [0.2, 0.25) is 5.78 Å². The smallest absolute Gasteiger partial charge is 0.387 e. The van der Waals surface area contributed by atoms with Gasteiger partial charge in [0.1, 0.15) is 16.4 Å². The minimum Gasteiger partial charge on any atom is -0.435 e. The van der Waals surface area contributed by atoms with E-state index in [-0.39, 0.29) is 32.8 Å². The van der Waals surface area contributed by atoms with E-state index in [0.717, 1.165) is 23.5 Å². The van der Waals surface area contributed by atoms with Crippen LogP contribution < -0.4 is 20.5 Å². The van der Waals surface area contributed by atoms with Crippen molar-refractivity contribution in [2.24, 2.45) is 0 Å². The number of halogens is 5. The average molecular weight is 445 g/mol. The van der Waals surface area contributed by atoms with Crippen LogP contribution >= 0.6 is 11.3 Å². The maximum absolute atomic E-state index is 13.8. The molecule has 158 valence electrons. The van der Waals surface area contributed by atoms with Crippen molar-refractivity contribution in [2.75, 3.05) is 11.1 Å². The molecule has 3 N–H and O–H groups in total. The number of aromatic nitrogens is 1. The predicted molar refractivity (Wildman–Crippen MR) is 99.3 cm³/mol. The third-order valence-electron chi connectivity index (χ3n) is 3.60. The summed E-state index contributed by atoms with van der Waals surface area (Å²) in [4.78, 5) is 16.6. The first-order chi connectivity index (χ1) is 14.2. The fourth-order valence-electron chi connectivity index (χ4n) is 2.36. The number of rotatable bonds is 8. The number of hydrogen-bond acceptors (Lipinski definition) is 7. The first kappa shape index (κ1) is 21.3. The van der Waals surface area contributed by atoms with Crippen molar-refractivity contribution in [1.29, 1.82) is 0 Å². The number of ketones is 1. The number of nitrogens with two attached hydrogens (primary N) is 1. The molecule has 1 aromatic heterocycles. The van der Waals surface area contributed by atoms with Gasteiger partial charge >= 0.3 is 13.2 Å². The van der Waals surface area contributed by atoms with E-state index in [1.165, 1.54) is 30.3 Å². The number of anilines is 3. The van der Waals surface area contributed by atoms with Gasteiger partial charge in [0.15, 0.2) is 16.7 Å². The maximum Gasteiger partial charge on any atom is 0.387 e. The van der Waals surface area contributed by atoms with Crippen molar-refractivity contribution in [3.8, 4) is 11.5 Å². The Labute approximate surface area is 170 Å². The van der Waals surface area contributed by atoms with Crippen LogP contribution in [0.5, 0.6) is 11.5 Å². The van der Waals surface area contributed by atoms with Crippen molar-refractivity contribution in [3.05, 3.63) is 58.7 Å². The van der Waals surface area contributed by atoms with E-state index in [1.807, 2.05) is 0 Å². The monoisotopic (exact) mass is 445 g/mol. The lowest BCUT2D eigenvalue weighted by atomic mass is 10.1. The third-order valence-corrected chi connectivity index (χ3v) is 4.59. The molecule has 12 heteroatoms. The van der Waals surface area contributed by atoms with Gasteiger partial charge in [-0.15, -0.1) is 0 Å². The fraction of sp³-hybridized carbons (Fsp3) is 0.111. The molecular weight excluding hydrogens is 433 g/mol. The summed E-state index contributed by atoms with van der Waals surface area (Å²) in [5.41, 5.74) is 6.10. The van der Waals surface area contributed by atoms with Crippen molar-refractivity contribution < 1.29 is 36.2 Å². The summed E-state index contributed by atoms with van der Waals surface area (Å²) in [5, 5.41) is 2.86. The van der Waals surface area contributed by atoms with E-state index in [9.17, 15) is 26.7 Å². The number of nitrogen functional groups attached to an aromatic ring is 1. The number of thiazole rings is 1. The van der Waals surface area contributed by atoms with E-state index in [0.29, 0.717) is 0 Å². The van der Waals surface area contributed by atoms with Gasteiger partial charge in [-0.3, -0.25) is 4.79 Å². The summed E-state index contributed by atoms with van der Waals surface area (Å²) in [6, 6.07) is 8.21. The van der Waals surface area contributed by atoms with Crippen LogP contribution in [0.15, 0.2) is 42.5 Å². The molecule has 0 atom stereocenters. The Hall–Kier alpha value is -3.41. The van der Waals surface area contributed by atoms with Crippen molar-refractivity contribution in [3.63, 3.8) is 0 Å². The normalized spacial score (nSPS) is 11.0. The second-order valence-electron chi connectivity index (χ2n) is 5.61. The second-order valence-corrected chi connectivity index (χ2v) is 6.61. The largest absolute Gasteiger partial charge is 0.435 e. The van der Waals surface area contributed by atoms with Gasteiger partial charge in [0, 0.05) is 17.3 Å². The zero-order valence-corrected chi connectivity index (χ0v) is 15.6. The van der Waals surface area contributed by atoms with E-state index in [1.54, 1.807) is 0 Å². The second kappa shape index (κ2) is 8.95. The summed E-state index contributed by atoms with van der Waals surface area (Å²) >= 11 is 0.871. The Morgan fingerprint density at radius 2 is 1.70 bits per heavy atom. The molecule has 0 aliphatic carbocycles. The Morgan fingerprint density at radius 1 is 1.03 bits per heavy atom. The molecule has 0 saturated heterocycles. The standard InChI is InChI=1S/C18H12F5N3O3S/c19-11-7-9(3-6-12(11)29-17(22)23)25-18-26-15(24)14(30-18)13(27)8-1-4-10(5-2-8)28-16(20)21/h1-7,16-17H,24H2,(H,25,26). The van der Waals surface area contributed by atoms with Crippen LogP contribution in [0.25, 0.3) is 0 Å². The minimum atomic E-state index is -3.17. The number of alkyl halides is 4. The Bertz CT molecular complexity index is 1040. The van der Waals surface area contributed by atoms with Gasteiger partial charge in [0.05, 0.1) is 0 Å². The summed E-state index contributed by atoms with van der Waals surface area (Å²) in [6.45, 7) is -6.15. The molecule has 0 amide bonds. The van der Waals surface area contributed by atoms with Gasteiger partial charge in [-0.2, -0.15) is 17.6 Å². The Morgan fingerprint density at radius 3 is 2.30 bits per heavy atom. The van der Waals surface area contributed by atoms with Crippen LogP contribution in [0.4, 0.5) is 38.6 Å². The molecule has 0 spiro atoms. The van der Waals surface area contributed by atoms with Crippen molar-refractivity contribution in [2.45, 2.75) is 13.2 Å². The highest BCUT2D eigenvalue weighted by Crippen LogP contribution is 2.31. The summed E-state index contributed by atoms with van der Waals surface area (Å²) in [7, 11) is 0. The zero-order valence-electron chi connectivity index (χ0n) is 14.7. The molecule has 0 unspecified atom stereocenters. The van der Waals surface area contributed by atoms with E-state index in [2.05, 4.69) is 19.8 Å². The van der Waals surface area contributed by atoms with Crippen molar-refractivity contribution >= 4 is 33.8 Å². The maximum atomic E-state index is 13.8. The summed E-state index contributed by atoms with van der Waals surface area (Å²) in [5.74, 6) is -2.36. The summed E-state index contributed by atoms with van der Waals surface area (Å²) in [6.07, 6.45) is 0. The quantitative estimate of drug-likeness (QED) is 0.373. The van der Waals surface area contributed by atoms with Gasteiger partial charge in [-0.05, 0) is 36.4 Å². The van der Waals surface area contributed by atoms with Crippen molar-refractivity contribution in [1.82, 2.24) is 4.98 Å². The fourth-order valence-corrected chi connectivity index (χ4v) is 3.23. The number of carbonyl (C=O) groups excluding carboxylic acids is 1. The molecule has 3 rings (SSSR count). The molecule has 0 fully saturated rings. The van der Waals surface area contributed by atoms with E-state index < -0.39 is 30.6 Å². The van der Waals surface area contributed by atoms with E-state index >= 15 is 0 Å². The number of carbonyl (C=O) groups is 1. The lowest BCUT2D eigenvalue weighted by Crippen LogP contribution is -2.04. The third kappa shape index (κ3) is 5.14. The molecule has 0 radical (unpaired) electrons. The molecule has 0 aliphatic rings. The highest BCUT2D eigenvalue weighted by atomic mass is 32.1. The highest BCUT2D eigenvalue weighted by Gasteiger charge is 2.19. The molecule has 1 heterocycles. The van der Waals surface area contributed by atoms with Gasteiger partial charge < -0.3 is 20.5 Å². The number of nitrogens with zero attached hydrogens (tertiary/aromatic N) is 1. The lowest BCUT2D eigenvalue weighted by Gasteiger charge is -2.07. The number of nitrogens with one attached hydrogen (secondary N) is 1. The highest BCUT2D eigenvalue weighted by molar-refractivity contribution is 7.18. The SMILES string of the molecule is Nc1nc(Nc2ccc(OC(F)F)c(F)c2)sc1C(=O)c1ccc(OC(F)F)cc1. The molecule has 0 aliphatic heterocycles. The number of hydrogen-bond donors (Lipinski definition) is 2. The molecule has 6 nitrogen and oxygen atoms in total. The van der Waals surface area contributed by atoms with Crippen LogP contribution in [-0.4, -0.2) is 24.0 Å². The van der Waals surface area contributed by atoms with Crippen LogP contribution in [0.3, 0.4) is 0 Å². The van der Waals surface area contributed by atoms with E-state index in [4.69, 9.17) is 5.73 Å². The number of benzene rings is 2.